The summed E-state index contributed by atoms with van der Waals surface area (Å²) in [5, 5.41) is 6.73. The second kappa shape index (κ2) is 16.1. The Kier molecular flexibility index (Phi) is 15.8. The molecule has 8 heteroatoms. The molecule has 0 aromatic rings. The molecule has 2 N–H and O–H groups in total. The standard InChI is InChI=1S/C21H42N4O3.HI/c1-6-22-20(24-17-18(2)25-13-15-27-16-14-25)23-12-10-8-7-9-11-19(26)28-21(3,4)5;/h18H,6-17H2,1-5H3,(H2,22,23,24);1H. The van der Waals surface area contributed by atoms with Gasteiger partial charge in [-0.25, -0.2) is 0 Å². The predicted molar refractivity (Wildman–Crippen MR) is 130 cm³/mol. The Morgan fingerprint density at radius 1 is 1.14 bits per heavy atom. The predicted octanol–water partition coefficient (Wildman–Crippen LogP) is 3.17. The van der Waals surface area contributed by atoms with Crippen LogP contribution in [0.3, 0.4) is 0 Å². The summed E-state index contributed by atoms with van der Waals surface area (Å²) in [6.07, 6.45) is 4.61. The third-order valence-electron chi connectivity index (χ3n) is 4.55. The lowest BCUT2D eigenvalue weighted by Crippen LogP contribution is -2.44. The van der Waals surface area contributed by atoms with E-state index < -0.39 is 0 Å². The van der Waals surface area contributed by atoms with Crippen molar-refractivity contribution in [1.29, 1.82) is 0 Å². The van der Waals surface area contributed by atoms with Crippen LogP contribution < -0.4 is 10.6 Å². The van der Waals surface area contributed by atoms with Gasteiger partial charge in [0.25, 0.3) is 0 Å². The Morgan fingerprint density at radius 2 is 1.79 bits per heavy atom. The molecule has 1 rings (SSSR count). The van der Waals surface area contributed by atoms with Gasteiger partial charge in [0.15, 0.2) is 5.96 Å². The van der Waals surface area contributed by atoms with Crippen molar-refractivity contribution in [3.63, 3.8) is 0 Å². The number of carbonyl (C=O) groups is 1. The zero-order chi connectivity index (χ0) is 20.8. The molecule has 1 unspecified atom stereocenters. The van der Waals surface area contributed by atoms with Crippen LogP contribution in [0.5, 0.6) is 0 Å². The van der Waals surface area contributed by atoms with Crippen molar-refractivity contribution in [2.45, 2.75) is 78.4 Å². The minimum Gasteiger partial charge on any atom is -0.460 e. The molecule has 0 bridgehead atoms. The lowest BCUT2D eigenvalue weighted by Gasteiger charge is -2.31. The van der Waals surface area contributed by atoms with E-state index in [4.69, 9.17) is 14.5 Å². The largest absolute Gasteiger partial charge is 0.460 e. The number of aliphatic imine (C=N–C) groups is 1. The molecule has 7 nitrogen and oxygen atoms in total. The normalized spacial score (nSPS) is 16.7. The van der Waals surface area contributed by atoms with Gasteiger partial charge in [0, 0.05) is 38.6 Å². The van der Waals surface area contributed by atoms with E-state index in [1.165, 1.54) is 0 Å². The van der Waals surface area contributed by atoms with Crippen molar-refractivity contribution in [3.8, 4) is 0 Å². The molecule has 1 aliphatic heterocycles. The number of carbonyl (C=O) groups excluding carboxylic acids is 1. The van der Waals surface area contributed by atoms with Crippen molar-refractivity contribution in [1.82, 2.24) is 15.5 Å². The van der Waals surface area contributed by atoms with Crippen LogP contribution in [0.2, 0.25) is 0 Å². The first-order valence-electron chi connectivity index (χ1n) is 10.9. The highest BCUT2D eigenvalue weighted by atomic mass is 127. The fourth-order valence-electron chi connectivity index (χ4n) is 3.05. The summed E-state index contributed by atoms with van der Waals surface area (Å²) in [5.41, 5.74) is -0.387. The van der Waals surface area contributed by atoms with Gasteiger partial charge in [-0.2, -0.15) is 0 Å². The topological polar surface area (TPSA) is 75.2 Å². The number of morpholine rings is 1. The average molecular weight is 527 g/mol. The number of esters is 1. The number of rotatable bonds is 11. The van der Waals surface area contributed by atoms with Crippen LogP contribution >= 0.6 is 24.0 Å². The molecule has 172 valence electrons. The van der Waals surface area contributed by atoms with E-state index in [1.807, 2.05) is 20.8 Å². The molecule has 0 spiro atoms. The van der Waals surface area contributed by atoms with Gasteiger partial charge in [0.05, 0.1) is 19.8 Å². The molecule has 0 amide bonds. The first-order chi connectivity index (χ1) is 13.3. The zero-order valence-corrected chi connectivity index (χ0v) is 21.4. The minimum absolute atomic E-state index is 0. The number of nitrogens with zero attached hydrogens (tertiary/aromatic N) is 2. The lowest BCUT2D eigenvalue weighted by molar-refractivity contribution is -0.154. The van der Waals surface area contributed by atoms with E-state index in [2.05, 4.69) is 29.4 Å². The van der Waals surface area contributed by atoms with Crippen LogP contribution in [0.15, 0.2) is 4.99 Å². The number of nitrogens with one attached hydrogen (secondary N) is 2. The number of unbranched alkanes of at least 4 members (excludes halogenated alkanes) is 3. The highest BCUT2D eigenvalue weighted by molar-refractivity contribution is 14.0. The Balaban J connectivity index is 0.00000784. The molecular formula is C21H43IN4O3. The van der Waals surface area contributed by atoms with Crippen LogP contribution in [0.4, 0.5) is 0 Å². The van der Waals surface area contributed by atoms with Gasteiger partial charge in [-0.05, 0) is 47.5 Å². The van der Waals surface area contributed by atoms with Crippen molar-refractivity contribution in [2.24, 2.45) is 4.99 Å². The van der Waals surface area contributed by atoms with Crippen LogP contribution in [-0.4, -0.2) is 74.4 Å². The maximum atomic E-state index is 11.7. The van der Waals surface area contributed by atoms with Crippen molar-refractivity contribution >= 4 is 35.9 Å². The maximum Gasteiger partial charge on any atom is 0.306 e. The lowest BCUT2D eigenvalue weighted by atomic mass is 10.1. The molecule has 0 aliphatic carbocycles. The zero-order valence-electron chi connectivity index (χ0n) is 19.1. The first-order valence-corrected chi connectivity index (χ1v) is 10.9. The van der Waals surface area contributed by atoms with Gasteiger partial charge in [-0.15, -0.1) is 24.0 Å². The van der Waals surface area contributed by atoms with Crippen molar-refractivity contribution < 1.29 is 14.3 Å². The third kappa shape index (κ3) is 14.9. The fraction of sp³-hybridized carbons (Fsp3) is 0.905. The van der Waals surface area contributed by atoms with E-state index in [0.29, 0.717) is 12.5 Å². The number of hydrogen-bond donors (Lipinski definition) is 2. The van der Waals surface area contributed by atoms with Gasteiger partial charge in [-0.3, -0.25) is 14.7 Å². The quantitative estimate of drug-likeness (QED) is 0.142. The summed E-state index contributed by atoms with van der Waals surface area (Å²) < 4.78 is 10.7. The molecule has 1 saturated heterocycles. The molecule has 0 saturated carbocycles. The van der Waals surface area contributed by atoms with E-state index in [9.17, 15) is 4.79 Å². The smallest absolute Gasteiger partial charge is 0.306 e. The number of guanidine groups is 1. The van der Waals surface area contributed by atoms with Crippen LogP contribution in [0, 0.1) is 0 Å². The molecule has 29 heavy (non-hydrogen) atoms. The van der Waals surface area contributed by atoms with Gasteiger partial charge in [-0.1, -0.05) is 12.8 Å². The molecule has 1 aliphatic rings. The number of halogens is 1. The Hall–Kier alpha value is -0.610. The van der Waals surface area contributed by atoms with Gasteiger partial charge in [0.1, 0.15) is 5.60 Å². The maximum absolute atomic E-state index is 11.7. The molecule has 0 radical (unpaired) electrons. The monoisotopic (exact) mass is 526 g/mol. The molecule has 1 heterocycles. The highest BCUT2D eigenvalue weighted by Crippen LogP contribution is 2.11. The Labute approximate surface area is 194 Å². The average Bonchev–Trinajstić information content (AvgIpc) is 2.64. The van der Waals surface area contributed by atoms with Crippen LogP contribution in [-0.2, 0) is 14.3 Å². The first kappa shape index (κ1) is 28.4. The summed E-state index contributed by atoms with van der Waals surface area (Å²) in [6, 6.07) is 0.423. The van der Waals surface area contributed by atoms with Crippen LogP contribution in [0.25, 0.3) is 0 Å². The number of hydrogen-bond acceptors (Lipinski definition) is 5. The summed E-state index contributed by atoms with van der Waals surface area (Å²) in [5.74, 6) is 0.790. The summed E-state index contributed by atoms with van der Waals surface area (Å²) in [4.78, 5) is 18.8. The van der Waals surface area contributed by atoms with Gasteiger partial charge in [0.2, 0.25) is 0 Å². The summed E-state index contributed by atoms with van der Waals surface area (Å²) in [7, 11) is 0. The molecule has 0 aromatic heterocycles. The Morgan fingerprint density at radius 3 is 2.41 bits per heavy atom. The molecule has 1 atom stereocenters. The van der Waals surface area contributed by atoms with Gasteiger partial charge >= 0.3 is 5.97 Å². The third-order valence-corrected chi connectivity index (χ3v) is 4.55. The Bertz CT molecular complexity index is 463. The van der Waals surface area contributed by atoms with E-state index in [1.54, 1.807) is 0 Å². The van der Waals surface area contributed by atoms with Gasteiger partial charge < -0.3 is 20.1 Å². The molecular weight excluding hydrogens is 483 g/mol. The minimum atomic E-state index is -0.387. The molecule has 0 aromatic carbocycles. The van der Waals surface area contributed by atoms with E-state index in [-0.39, 0.29) is 35.5 Å². The summed E-state index contributed by atoms with van der Waals surface area (Å²) >= 11 is 0. The highest BCUT2D eigenvalue weighted by Gasteiger charge is 2.17. The SMILES string of the molecule is CCNC(=NCC(C)N1CCOCC1)NCCCCCCC(=O)OC(C)(C)C.I. The second-order valence-electron chi connectivity index (χ2n) is 8.39. The van der Waals surface area contributed by atoms with Crippen LogP contribution in [0.1, 0.15) is 66.7 Å². The second-order valence-corrected chi connectivity index (χ2v) is 8.39. The number of ether oxygens (including phenoxy) is 2. The fourth-order valence-corrected chi connectivity index (χ4v) is 3.05. The van der Waals surface area contributed by atoms with E-state index in [0.717, 1.165) is 77.6 Å². The summed E-state index contributed by atoms with van der Waals surface area (Å²) in [6.45, 7) is 16.2. The molecule has 1 fully saturated rings. The van der Waals surface area contributed by atoms with Crippen molar-refractivity contribution in [2.75, 3.05) is 45.9 Å². The van der Waals surface area contributed by atoms with Crippen molar-refractivity contribution in [3.05, 3.63) is 0 Å². The van der Waals surface area contributed by atoms with E-state index >= 15 is 0 Å².